The van der Waals surface area contributed by atoms with Gasteiger partial charge in [-0.2, -0.15) is 0 Å². The van der Waals surface area contributed by atoms with E-state index in [-0.39, 0.29) is 12.6 Å². The molecule has 0 saturated carbocycles. The zero-order valence-corrected chi connectivity index (χ0v) is 16.4. The Kier molecular flexibility index (Phi) is 6.07. The van der Waals surface area contributed by atoms with Crippen LogP contribution in [0.4, 0.5) is 4.79 Å². The molecule has 0 radical (unpaired) electrons. The first-order valence-corrected chi connectivity index (χ1v) is 9.48. The number of hydrogen-bond acceptors (Lipinski definition) is 4. The van der Waals surface area contributed by atoms with Gasteiger partial charge in [-0.05, 0) is 24.5 Å². The number of nitrogens with one attached hydrogen (secondary N) is 1. The average Bonchev–Trinajstić information content (AvgIpc) is 2.92. The SMILES string of the molecule is CC[C@H](NC(=O)CN1C(=O)C(=O)N(Cc2ccccc2)C1=O)c1ccc(C)cc1. The molecule has 5 amide bonds. The van der Waals surface area contributed by atoms with Crippen LogP contribution in [-0.4, -0.2) is 40.1 Å². The third-order valence-electron chi connectivity index (χ3n) is 4.84. The van der Waals surface area contributed by atoms with E-state index < -0.39 is 30.3 Å². The number of rotatable bonds is 7. The first-order chi connectivity index (χ1) is 13.9. The van der Waals surface area contributed by atoms with Gasteiger partial charge in [-0.3, -0.25) is 19.3 Å². The summed E-state index contributed by atoms with van der Waals surface area (Å²) < 4.78 is 0. The molecule has 0 aliphatic carbocycles. The van der Waals surface area contributed by atoms with Crippen molar-refractivity contribution in [1.82, 2.24) is 15.1 Å². The van der Waals surface area contributed by atoms with Crippen molar-refractivity contribution in [2.24, 2.45) is 0 Å². The molecule has 1 saturated heterocycles. The number of urea groups is 1. The Hall–Kier alpha value is -3.48. The summed E-state index contributed by atoms with van der Waals surface area (Å²) in [4.78, 5) is 51.1. The Morgan fingerprint density at radius 1 is 0.931 bits per heavy atom. The zero-order chi connectivity index (χ0) is 21.0. The van der Waals surface area contributed by atoms with E-state index in [0.717, 1.165) is 21.6 Å². The number of benzene rings is 2. The van der Waals surface area contributed by atoms with Crippen molar-refractivity contribution in [2.45, 2.75) is 32.9 Å². The van der Waals surface area contributed by atoms with Crippen LogP contribution in [0, 0.1) is 6.92 Å². The quantitative estimate of drug-likeness (QED) is 0.579. The van der Waals surface area contributed by atoms with Gasteiger partial charge in [-0.25, -0.2) is 9.69 Å². The molecule has 29 heavy (non-hydrogen) atoms. The van der Waals surface area contributed by atoms with E-state index in [1.54, 1.807) is 24.3 Å². The maximum Gasteiger partial charge on any atom is 0.335 e. The van der Waals surface area contributed by atoms with Gasteiger partial charge in [0.2, 0.25) is 5.91 Å². The Labute approximate surface area is 169 Å². The lowest BCUT2D eigenvalue weighted by Crippen LogP contribution is -2.42. The van der Waals surface area contributed by atoms with Crippen molar-refractivity contribution < 1.29 is 19.2 Å². The molecular weight excluding hydrogens is 370 g/mol. The van der Waals surface area contributed by atoms with E-state index in [4.69, 9.17) is 0 Å². The fourth-order valence-electron chi connectivity index (χ4n) is 3.20. The highest BCUT2D eigenvalue weighted by atomic mass is 16.2. The molecule has 0 aromatic heterocycles. The summed E-state index contributed by atoms with van der Waals surface area (Å²) >= 11 is 0. The van der Waals surface area contributed by atoms with Gasteiger partial charge in [0.15, 0.2) is 0 Å². The maximum absolute atomic E-state index is 12.6. The summed E-state index contributed by atoms with van der Waals surface area (Å²) in [5.41, 5.74) is 2.77. The highest BCUT2D eigenvalue weighted by Crippen LogP contribution is 2.19. The highest BCUT2D eigenvalue weighted by molar-refractivity contribution is 6.44. The monoisotopic (exact) mass is 393 g/mol. The van der Waals surface area contributed by atoms with Crippen LogP contribution in [0.15, 0.2) is 54.6 Å². The molecule has 7 nitrogen and oxygen atoms in total. The van der Waals surface area contributed by atoms with Crippen molar-refractivity contribution in [2.75, 3.05) is 6.54 Å². The number of nitrogens with zero attached hydrogens (tertiary/aromatic N) is 2. The van der Waals surface area contributed by atoms with Gasteiger partial charge in [-0.1, -0.05) is 67.1 Å². The van der Waals surface area contributed by atoms with Crippen molar-refractivity contribution in [3.63, 3.8) is 0 Å². The molecule has 1 aliphatic rings. The molecule has 1 aliphatic heterocycles. The smallest absolute Gasteiger partial charge is 0.335 e. The summed E-state index contributed by atoms with van der Waals surface area (Å²) in [6.07, 6.45) is 0.649. The van der Waals surface area contributed by atoms with Crippen molar-refractivity contribution in [3.8, 4) is 0 Å². The van der Waals surface area contributed by atoms with Gasteiger partial charge in [-0.15, -0.1) is 0 Å². The first kappa shape index (κ1) is 20.3. The lowest BCUT2D eigenvalue weighted by Gasteiger charge is -2.20. The molecule has 7 heteroatoms. The molecule has 2 aromatic carbocycles. The third kappa shape index (κ3) is 4.51. The largest absolute Gasteiger partial charge is 0.348 e. The second-order valence-electron chi connectivity index (χ2n) is 6.99. The van der Waals surface area contributed by atoms with Crippen molar-refractivity contribution in [1.29, 1.82) is 0 Å². The molecule has 1 fully saturated rings. The predicted molar refractivity (Wildman–Crippen MR) is 106 cm³/mol. The summed E-state index contributed by atoms with van der Waals surface area (Å²) in [7, 11) is 0. The molecular formula is C22H23N3O4. The first-order valence-electron chi connectivity index (χ1n) is 9.48. The van der Waals surface area contributed by atoms with E-state index in [1.165, 1.54) is 0 Å². The Morgan fingerprint density at radius 2 is 1.55 bits per heavy atom. The van der Waals surface area contributed by atoms with Crippen molar-refractivity contribution >= 4 is 23.8 Å². The molecule has 1 N–H and O–H groups in total. The minimum absolute atomic E-state index is 0.0106. The fourth-order valence-corrected chi connectivity index (χ4v) is 3.20. The van der Waals surface area contributed by atoms with Gasteiger partial charge >= 0.3 is 17.8 Å². The van der Waals surface area contributed by atoms with Crippen LogP contribution < -0.4 is 5.32 Å². The average molecular weight is 393 g/mol. The van der Waals surface area contributed by atoms with Crippen molar-refractivity contribution in [3.05, 3.63) is 71.3 Å². The fraction of sp³-hybridized carbons (Fsp3) is 0.273. The number of imide groups is 2. The summed E-state index contributed by atoms with van der Waals surface area (Å²) in [5, 5.41) is 2.83. The second kappa shape index (κ2) is 8.68. The third-order valence-corrected chi connectivity index (χ3v) is 4.84. The van der Waals surface area contributed by atoms with E-state index in [9.17, 15) is 19.2 Å². The van der Waals surface area contributed by atoms with E-state index in [0.29, 0.717) is 11.3 Å². The minimum atomic E-state index is -0.982. The van der Waals surface area contributed by atoms with Crippen LogP contribution in [0.5, 0.6) is 0 Å². The van der Waals surface area contributed by atoms with Crippen LogP contribution in [0.3, 0.4) is 0 Å². The molecule has 150 valence electrons. The predicted octanol–water partition coefficient (Wildman–Crippen LogP) is 2.55. The van der Waals surface area contributed by atoms with Gasteiger partial charge in [0.1, 0.15) is 6.54 Å². The van der Waals surface area contributed by atoms with Gasteiger partial charge in [0.25, 0.3) is 0 Å². The number of hydrogen-bond donors (Lipinski definition) is 1. The summed E-state index contributed by atoms with van der Waals surface area (Å²) in [6, 6.07) is 15.7. The van der Waals surface area contributed by atoms with Crippen LogP contribution >= 0.6 is 0 Å². The summed E-state index contributed by atoms with van der Waals surface area (Å²) in [6.45, 7) is 3.41. The number of aryl methyl sites for hydroxylation is 1. The topological polar surface area (TPSA) is 86.8 Å². The molecule has 0 bridgehead atoms. The molecule has 3 rings (SSSR count). The molecule has 1 atom stereocenters. The standard InChI is InChI=1S/C22H23N3O4/c1-3-18(17-11-9-15(2)10-12-17)23-19(26)14-25-21(28)20(27)24(22(25)29)13-16-7-5-4-6-8-16/h4-12,18H,3,13-14H2,1-2H3,(H,23,26)/t18-/m0/s1. The van der Waals surface area contributed by atoms with Gasteiger partial charge in [0, 0.05) is 0 Å². The lowest BCUT2D eigenvalue weighted by atomic mass is 10.0. The number of carbonyl (C=O) groups is 4. The van der Waals surface area contributed by atoms with Gasteiger partial charge in [0.05, 0.1) is 12.6 Å². The molecule has 0 unspecified atom stereocenters. The normalized spacial score (nSPS) is 15.0. The van der Waals surface area contributed by atoms with E-state index in [1.807, 2.05) is 44.2 Å². The Bertz CT molecular complexity index is 925. The summed E-state index contributed by atoms with van der Waals surface area (Å²) in [5.74, 6) is -2.39. The Balaban J connectivity index is 1.66. The van der Waals surface area contributed by atoms with Crippen LogP contribution in [0.2, 0.25) is 0 Å². The number of amides is 5. The Morgan fingerprint density at radius 3 is 2.17 bits per heavy atom. The minimum Gasteiger partial charge on any atom is -0.348 e. The van der Waals surface area contributed by atoms with E-state index in [2.05, 4.69) is 5.32 Å². The maximum atomic E-state index is 12.6. The number of carbonyl (C=O) groups excluding carboxylic acids is 4. The molecule has 2 aromatic rings. The lowest BCUT2D eigenvalue weighted by molar-refractivity contribution is -0.144. The highest BCUT2D eigenvalue weighted by Gasteiger charge is 2.45. The van der Waals surface area contributed by atoms with Crippen LogP contribution in [0.1, 0.15) is 36.1 Å². The second-order valence-corrected chi connectivity index (χ2v) is 6.99. The molecule has 1 heterocycles. The van der Waals surface area contributed by atoms with Gasteiger partial charge < -0.3 is 5.32 Å². The molecule has 0 spiro atoms. The van der Waals surface area contributed by atoms with Crippen LogP contribution in [-0.2, 0) is 20.9 Å². The zero-order valence-electron chi connectivity index (χ0n) is 16.4. The van der Waals surface area contributed by atoms with E-state index >= 15 is 0 Å². The van der Waals surface area contributed by atoms with Crippen LogP contribution in [0.25, 0.3) is 0 Å².